The molecule has 0 aliphatic heterocycles. The second-order valence-electron chi connectivity index (χ2n) is 3.78. The number of carbonyl (C=O) groups excluding carboxylic acids is 2. The fraction of sp³-hybridized carbons (Fsp3) is 0.385. The molecule has 4 nitrogen and oxygen atoms in total. The number of ether oxygens (including phenoxy) is 1. The van der Waals surface area contributed by atoms with E-state index in [9.17, 15) is 9.59 Å². The largest absolute Gasteiger partial charge is 0.445 e. The Labute approximate surface area is 101 Å². The highest BCUT2D eigenvalue weighted by atomic mass is 16.5. The topological polar surface area (TPSA) is 55.4 Å². The zero-order chi connectivity index (χ0) is 12.7. The van der Waals surface area contributed by atoms with Gasteiger partial charge in [-0.05, 0) is 18.9 Å². The smallest absolute Gasteiger partial charge is 0.408 e. The second-order valence-corrected chi connectivity index (χ2v) is 3.78. The summed E-state index contributed by atoms with van der Waals surface area (Å²) < 4.78 is 5.01. The van der Waals surface area contributed by atoms with Gasteiger partial charge in [0.15, 0.2) is 5.78 Å². The summed E-state index contributed by atoms with van der Waals surface area (Å²) in [5.74, 6) is -0.0656. The van der Waals surface area contributed by atoms with Gasteiger partial charge in [0.1, 0.15) is 6.61 Å². The van der Waals surface area contributed by atoms with Gasteiger partial charge in [0, 0.05) is 0 Å². The third-order valence-corrected chi connectivity index (χ3v) is 2.40. The molecule has 1 aromatic carbocycles. The van der Waals surface area contributed by atoms with Crippen molar-refractivity contribution in [1.82, 2.24) is 5.32 Å². The maximum absolute atomic E-state index is 11.4. The maximum atomic E-state index is 11.4. The van der Waals surface area contributed by atoms with Gasteiger partial charge in [0.25, 0.3) is 0 Å². The third-order valence-electron chi connectivity index (χ3n) is 2.40. The molecule has 0 radical (unpaired) electrons. The van der Waals surface area contributed by atoms with Crippen molar-refractivity contribution in [3.63, 3.8) is 0 Å². The number of alkyl carbamates (subject to hydrolysis) is 1. The number of hydrogen-bond donors (Lipinski definition) is 1. The number of ketones is 1. The first-order valence-corrected chi connectivity index (χ1v) is 5.61. The molecule has 1 amide bonds. The minimum Gasteiger partial charge on any atom is -0.445 e. The highest BCUT2D eigenvalue weighted by Crippen LogP contribution is 2.01. The lowest BCUT2D eigenvalue weighted by Crippen LogP contribution is -2.39. The molecule has 92 valence electrons. The summed E-state index contributed by atoms with van der Waals surface area (Å²) in [5.41, 5.74) is 0.915. The van der Waals surface area contributed by atoms with E-state index in [0.29, 0.717) is 6.42 Å². The van der Waals surface area contributed by atoms with E-state index < -0.39 is 12.1 Å². The standard InChI is InChI=1S/C13H17NO3/c1-3-12(10(2)15)14-13(16)17-9-11-7-5-4-6-8-11/h4-8,12H,3,9H2,1-2H3,(H,14,16)/t12-/m0/s1. The van der Waals surface area contributed by atoms with Crippen molar-refractivity contribution in [2.24, 2.45) is 0 Å². The Morgan fingerprint density at radius 3 is 2.47 bits per heavy atom. The molecule has 0 unspecified atom stereocenters. The molecule has 1 aromatic rings. The lowest BCUT2D eigenvalue weighted by Gasteiger charge is -2.13. The van der Waals surface area contributed by atoms with Gasteiger partial charge in [0.2, 0.25) is 0 Å². The normalized spacial score (nSPS) is 11.6. The molecular formula is C13H17NO3. The summed E-state index contributed by atoms with van der Waals surface area (Å²) in [6, 6.07) is 8.93. The van der Waals surface area contributed by atoms with Gasteiger partial charge in [-0.25, -0.2) is 4.79 Å². The van der Waals surface area contributed by atoms with E-state index in [1.165, 1.54) is 6.92 Å². The molecular weight excluding hydrogens is 218 g/mol. The van der Waals surface area contributed by atoms with Crippen LogP contribution in [-0.2, 0) is 16.1 Å². The Bertz CT molecular complexity index is 376. The molecule has 17 heavy (non-hydrogen) atoms. The summed E-state index contributed by atoms with van der Waals surface area (Å²) in [5, 5.41) is 2.53. The van der Waals surface area contributed by atoms with Crippen molar-refractivity contribution in [3.8, 4) is 0 Å². The minimum absolute atomic E-state index is 0.0656. The van der Waals surface area contributed by atoms with Crippen LogP contribution >= 0.6 is 0 Å². The van der Waals surface area contributed by atoms with Crippen LogP contribution in [0.25, 0.3) is 0 Å². The number of amides is 1. The predicted molar refractivity (Wildman–Crippen MR) is 64.5 cm³/mol. The predicted octanol–water partition coefficient (Wildman–Crippen LogP) is 2.28. The summed E-state index contributed by atoms with van der Waals surface area (Å²) in [6.07, 6.45) is 0.00590. The molecule has 0 aliphatic rings. The van der Waals surface area contributed by atoms with Crippen LogP contribution in [0.1, 0.15) is 25.8 Å². The van der Waals surface area contributed by atoms with Gasteiger partial charge in [-0.15, -0.1) is 0 Å². The van der Waals surface area contributed by atoms with E-state index >= 15 is 0 Å². The zero-order valence-corrected chi connectivity index (χ0v) is 10.1. The fourth-order valence-corrected chi connectivity index (χ4v) is 1.40. The summed E-state index contributed by atoms with van der Waals surface area (Å²) in [7, 11) is 0. The molecule has 0 fully saturated rings. The van der Waals surface area contributed by atoms with Crippen molar-refractivity contribution in [1.29, 1.82) is 0 Å². The highest BCUT2D eigenvalue weighted by Gasteiger charge is 2.15. The van der Waals surface area contributed by atoms with Gasteiger partial charge < -0.3 is 10.1 Å². The van der Waals surface area contributed by atoms with E-state index in [2.05, 4.69) is 5.32 Å². The summed E-state index contributed by atoms with van der Waals surface area (Å²) in [6.45, 7) is 3.50. The van der Waals surface area contributed by atoms with Crippen molar-refractivity contribution >= 4 is 11.9 Å². The van der Waals surface area contributed by atoms with Crippen LogP contribution in [0.15, 0.2) is 30.3 Å². The first-order chi connectivity index (χ1) is 8.13. The number of carbonyl (C=O) groups is 2. The summed E-state index contributed by atoms with van der Waals surface area (Å²) in [4.78, 5) is 22.5. The molecule has 4 heteroatoms. The van der Waals surface area contributed by atoms with E-state index in [-0.39, 0.29) is 12.4 Å². The Morgan fingerprint density at radius 2 is 1.94 bits per heavy atom. The number of Topliss-reactive ketones (excluding diaryl/α,β-unsaturated/α-hetero) is 1. The van der Waals surface area contributed by atoms with Crippen LogP contribution in [0, 0.1) is 0 Å². The van der Waals surface area contributed by atoms with Crippen molar-refractivity contribution < 1.29 is 14.3 Å². The van der Waals surface area contributed by atoms with Crippen molar-refractivity contribution in [2.45, 2.75) is 32.9 Å². The van der Waals surface area contributed by atoms with Crippen LogP contribution in [-0.4, -0.2) is 17.9 Å². The third kappa shape index (κ3) is 4.68. The lowest BCUT2D eigenvalue weighted by molar-refractivity contribution is -0.118. The van der Waals surface area contributed by atoms with E-state index in [1.807, 2.05) is 37.3 Å². The summed E-state index contributed by atoms with van der Waals surface area (Å²) >= 11 is 0. The average Bonchev–Trinajstić information content (AvgIpc) is 2.34. The van der Waals surface area contributed by atoms with E-state index in [4.69, 9.17) is 4.74 Å². The molecule has 0 saturated carbocycles. The Kier molecular flexibility index (Phi) is 5.20. The number of nitrogens with one attached hydrogen (secondary N) is 1. The Morgan fingerprint density at radius 1 is 1.29 bits per heavy atom. The molecule has 1 N–H and O–H groups in total. The fourth-order valence-electron chi connectivity index (χ4n) is 1.40. The highest BCUT2D eigenvalue weighted by molar-refractivity contribution is 5.85. The lowest BCUT2D eigenvalue weighted by atomic mass is 10.1. The Hall–Kier alpha value is -1.84. The molecule has 1 atom stereocenters. The number of benzene rings is 1. The maximum Gasteiger partial charge on any atom is 0.408 e. The van der Waals surface area contributed by atoms with E-state index in [0.717, 1.165) is 5.56 Å². The zero-order valence-electron chi connectivity index (χ0n) is 10.1. The first kappa shape index (κ1) is 13.2. The molecule has 0 heterocycles. The molecule has 1 rings (SSSR count). The molecule has 0 spiro atoms. The monoisotopic (exact) mass is 235 g/mol. The minimum atomic E-state index is -0.559. The molecule has 0 aliphatic carbocycles. The Balaban J connectivity index is 2.37. The van der Waals surface area contributed by atoms with Crippen LogP contribution in [0.2, 0.25) is 0 Å². The molecule has 0 bridgehead atoms. The van der Waals surface area contributed by atoms with E-state index in [1.54, 1.807) is 0 Å². The molecule has 0 aromatic heterocycles. The number of hydrogen-bond acceptors (Lipinski definition) is 3. The van der Waals surface area contributed by atoms with Crippen molar-refractivity contribution in [2.75, 3.05) is 0 Å². The van der Waals surface area contributed by atoms with Gasteiger partial charge in [0.05, 0.1) is 6.04 Å². The van der Waals surface area contributed by atoms with Crippen LogP contribution in [0.4, 0.5) is 4.79 Å². The van der Waals surface area contributed by atoms with Crippen molar-refractivity contribution in [3.05, 3.63) is 35.9 Å². The van der Waals surface area contributed by atoms with Gasteiger partial charge in [-0.1, -0.05) is 37.3 Å². The molecule has 0 saturated heterocycles. The SMILES string of the molecule is CC[C@H](NC(=O)OCc1ccccc1)C(C)=O. The first-order valence-electron chi connectivity index (χ1n) is 5.61. The van der Waals surface area contributed by atoms with Crippen LogP contribution < -0.4 is 5.32 Å². The number of rotatable bonds is 5. The van der Waals surface area contributed by atoms with Gasteiger partial charge in [-0.2, -0.15) is 0 Å². The van der Waals surface area contributed by atoms with Gasteiger partial charge >= 0.3 is 6.09 Å². The van der Waals surface area contributed by atoms with Crippen LogP contribution in [0.3, 0.4) is 0 Å². The van der Waals surface area contributed by atoms with Crippen LogP contribution in [0.5, 0.6) is 0 Å². The quantitative estimate of drug-likeness (QED) is 0.851. The second kappa shape index (κ2) is 6.68. The average molecular weight is 235 g/mol. The van der Waals surface area contributed by atoms with Gasteiger partial charge in [-0.3, -0.25) is 4.79 Å².